The Kier molecular flexibility index (Phi) is 8.10. The zero-order valence-corrected chi connectivity index (χ0v) is 16.0. The fraction of sp³-hybridized carbons (Fsp3) is 0.400. The second kappa shape index (κ2) is 9.12. The number of amides is 1. The van der Waals surface area contributed by atoms with Crippen molar-refractivity contribution in [2.24, 2.45) is 0 Å². The summed E-state index contributed by atoms with van der Waals surface area (Å²) in [5.74, 6) is -5.09. The molecule has 2 nitrogen and oxygen atoms in total. The lowest BCUT2D eigenvalue weighted by molar-refractivity contribution is -0.259. The third kappa shape index (κ3) is 7.04. The Balaban J connectivity index is 2.33. The van der Waals surface area contributed by atoms with E-state index < -0.39 is 12.1 Å². The van der Waals surface area contributed by atoms with Crippen LogP contribution in [-0.2, 0) is 0 Å². The molecule has 9 heteroatoms. The van der Waals surface area contributed by atoms with Crippen LogP contribution >= 0.6 is 38.5 Å². The van der Waals surface area contributed by atoms with Crippen LogP contribution in [0.4, 0.5) is 22.0 Å². The number of alkyl halides is 5. The second-order valence-corrected chi connectivity index (χ2v) is 7.23. The summed E-state index contributed by atoms with van der Waals surface area (Å²) in [7, 11) is 0. The van der Waals surface area contributed by atoms with Gasteiger partial charge in [-0.2, -0.15) is 22.0 Å². The highest BCUT2D eigenvalue weighted by atomic mass is 127. The minimum Gasteiger partial charge on any atom is -0.352 e. The van der Waals surface area contributed by atoms with Gasteiger partial charge >= 0.3 is 12.1 Å². The Labute approximate surface area is 158 Å². The average molecular weight is 526 g/mol. The van der Waals surface area contributed by atoms with Crippen molar-refractivity contribution in [3.63, 3.8) is 0 Å². The molecule has 0 fully saturated rings. The smallest absolute Gasteiger partial charge is 0.352 e. The number of rotatable bonds is 7. The molecule has 0 bridgehead atoms. The number of carbonyl (C=O) groups is 1. The lowest BCUT2D eigenvalue weighted by atomic mass is 10.2. The van der Waals surface area contributed by atoms with Crippen LogP contribution in [0, 0.1) is 0 Å². The molecule has 0 aromatic heterocycles. The number of hydrogen-bond donors (Lipinski definition) is 1. The fourth-order valence-electron chi connectivity index (χ4n) is 1.67. The summed E-state index contributed by atoms with van der Waals surface area (Å²) in [5.41, 5.74) is 0.484. The molecule has 0 radical (unpaired) electrons. The molecule has 0 atom stereocenters. The maximum atomic E-state index is 12.8. The first-order valence-electron chi connectivity index (χ1n) is 6.88. The van der Waals surface area contributed by atoms with E-state index in [1.54, 1.807) is 24.3 Å². The normalized spacial score (nSPS) is 13.0. The van der Waals surface area contributed by atoms with E-state index in [2.05, 4.69) is 21.2 Å². The van der Waals surface area contributed by atoms with Crippen molar-refractivity contribution < 1.29 is 26.7 Å². The summed E-state index contributed by atoms with van der Waals surface area (Å²) < 4.78 is 62.6. The third-order valence-electron chi connectivity index (χ3n) is 2.95. The van der Waals surface area contributed by atoms with Gasteiger partial charge in [0.25, 0.3) is 5.91 Å². The third-order valence-corrected chi connectivity index (χ3v) is 4.33. The van der Waals surface area contributed by atoms with Gasteiger partial charge in [0.05, 0.1) is 0 Å². The maximum absolute atomic E-state index is 12.8. The number of benzene rings is 1. The minimum absolute atomic E-state index is 0.0610. The first-order chi connectivity index (χ1) is 11.0. The van der Waals surface area contributed by atoms with Crippen LogP contribution in [0.1, 0.15) is 29.6 Å². The highest BCUT2D eigenvalue weighted by Crippen LogP contribution is 2.38. The number of halogens is 7. The molecule has 134 valence electrons. The van der Waals surface area contributed by atoms with Crippen molar-refractivity contribution in [1.29, 1.82) is 0 Å². The van der Waals surface area contributed by atoms with Crippen LogP contribution in [0.3, 0.4) is 0 Å². The van der Waals surface area contributed by atoms with Crippen LogP contribution in [0.5, 0.6) is 0 Å². The zero-order valence-electron chi connectivity index (χ0n) is 12.3. The molecule has 0 aliphatic rings. The largest absolute Gasteiger partial charge is 0.457 e. The number of nitrogens with one attached hydrogen (secondary N) is 1. The van der Waals surface area contributed by atoms with Crippen molar-refractivity contribution in [2.45, 2.75) is 31.4 Å². The van der Waals surface area contributed by atoms with Gasteiger partial charge in [-0.3, -0.25) is 4.79 Å². The van der Waals surface area contributed by atoms with Crippen molar-refractivity contribution in [3.05, 3.63) is 44.0 Å². The molecule has 0 aliphatic carbocycles. The quantitative estimate of drug-likeness (QED) is 0.269. The Bertz CT molecular complexity index is 587. The van der Waals surface area contributed by atoms with E-state index in [0.29, 0.717) is 24.9 Å². The minimum atomic E-state index is -5.58. The highest BCUT2D eigenvalue weighted by molar-refractivity contribution is 14.1. The molecule has 0 heterocycles. The van der Waals surface area contributed by atoms with Gasteiger partial charge in [0.2, 0.25) is 0 Å². The van der Waals surface area contributed by atoms with Crippen LogP contribution in [-0.4, -0.2) is 24.6 Å². The van der Waals surface area contributed by atoms with Crippen molar-refractivity contribution in [1.82, 2.24) is 5.32 Å². The molecule has 1 aromatic rings. The van der Waals surface area contributed by atoms with Crippen LogP contribution in [0.15, 0.2) is 38.4 Å². The lowest BCUT2D eigenvalue weighted by Gasteiger charge is -2.16. The van der Waals surface area contributed by atoms with Gasteiger partial charge in [-0.1, -0.05) is 15.9 Å². The van der Waals surface area contributed by atoms with E-state index in [0.717, 1.165) is 4.47 Å². The molecule has 1 N–H and O–H groups in total. The summed E-state index contributed by atoms with van der Waals surface area (Å²) in [4.78, 5) is 11.8. The molecular weight excluding hydrogens is 512 g/mol. The van der Waals surface area contributed by atoms with E-state index in [-0.39, 0.29) is 22.0 Å². The van der Waals surface area contributed by atoms with Crippen molar-refractivity contribution in [3.8, 4) is 0 Å². The molecule has 0 spiro atoms. The lowest BCUT2D eigenvalue weighted by Crippen LogP contribution is -2.34. The van der Waals surface area contributed by atoms with Gasteiger partial charge in [-0.05, 0) is 69.7 Å². The molecule has 1 rings (SSSR count). The Hall–Kier alpha value is -0.710. The van der Waals surface area contributed by atoms with Crippen LogP contribution in [0.25, 0.3) is 0 Å². The maximum Gasteiger partial charge on any atom is 0.457 e. The highest BCUT2D eigenvalue weighted by Gasteiger charge is 2.55. The number of carbonyl (C=O) groups excluding carboxylic acids is 1. The first-order valence-corrected chi connectivity index (χ1v) is 8.75. The van der Waals surface area contributed by atoms with Gasteiger partial charge in [0.15, 0.2) is 0 Å². The summed E-state index contributed by atoms with van der Waals surface area (Å²) in [6.07, 6.45) is -4.68. The van der Waals surface area contributed by atoms with Gasteiger partial charge < -0.3 is 5.32 Å². The Morgan fingerprint density at radius 3 is 2.25 bits per heavy atom. The van der Waals surface area contributed by atoms with Gasteiger partial charge in [-0.15, -0.1) is 0 Å². The van der Waals surface area contributed by atoms with Crippen LogP contribution in [0.2, 0.25) is 0 Å². The molecule has 0 saturated heterocycles. The predicted molar refractivity (Wildman–Crippen MR) is 93.4 cm³/mol. The monoisotopic (exact) mass is 525 g/mol. The molecule has 0 unspecified atom stereocenters. The summed E-state index contributed by atoms with van der Waals surface area (Å²) in [6, 6.07) is 6.74. The van der Waals surface area contributed by atoms with E-state index in [1.165, 1.54) is 22.6 Å². The average Bonchev–Trinajstić information content (AvgIpc) is 2.45. The standard InChI is InChI=1S/C15H14BrF5INO/c16-11-6-4-10(5-7-11)13(24)23-8-2-1-3-12(22)9-14(17,18)15(19,20)21/h4-7,9H,1-3,8H2,(H,23,24). The topological polar surface area (TPSA) is 29.1 Å². The van der Waals surface area contributed by atoms with Crippen molar-refractivity contribution >= 4 is 44.4 Å². The Morgan fingerprint density at radius 2 is 1.71 bits per heavy atom. The van der Waals surface area contributed by atoms with Gasteiger partial charge in [-0.25, -0.2) is 0 Å². The summed E-state index contributed by atoms with van der Waals surface area (Å²) in [6.45, 7) is 0.314. The number of unbranched alkanes of at least 4 members (excludes halogenated alkanes) is 1. The molecule has 1 amide bonds. The molecule has 1 aromatic carbocycles. The van der Waals surface area contributed by atoms with Gasteiger partial charge in [0, 0.05) is 22.7 Å². The zero-order chi connectivity index (χ0) is 18.4. The van der Waals surface area contributed by atoms with Crippen LogP contribution < -0.4 is 5.32 Å². The number of allylic oxidation sites excluding steroid dienone is 2. The molecule has 0 aliphatic heterocycles. The van der Waals surface area contributed by atoms with E-state index in [4.69, 9.17) is 0 Å². The SMILES string of the molecule is O=C(NCCCCC(I)=CC(F)(F)C(F)(F)F)c1ccc(Br)cc1. The Morgan fingerprint density at radius 1 is 1.12 bits per heavy atom. The van der Waals surface area contributed by atoms with E-state index >= 15 is 0 Å². The van der Waals surface area contributed by atoms with E-state index in [9.17, 15) is 26.7 Å². The second-order valence-electron chi connectivity index (χ2n) is 4.93. The fourth-order valence-corrected chi connectivity index (χ4v) is 2.71. The molecular formula is C15H14BrF5INO. The molecule has 24 heavy (non-hydrogen) atoms. The molecule has 0 saturated carbocycles. The summed E-state index contributed by atoms with van der Waals surface area (Å²) >= 11 is 4.73. The van der Waals surface area contributed by atoms with Gasteiger partial charge in [0.1, 0.15) is 0 Å². The summed E-state index contributed by atoms with van der Waals surface area (Å²) in [5, 5.41) is 2.66. The van der Waals surface area contributed by atoms with E-state index in [1.807, 2.05) is 0 Å². The van der Waals surface area contributed by atoms with Crippen molar-refractivity contribution in [2.75, 3.05) is 6.54 Å². The number of hydrogen-bond acceptors (Lipinski definition) is 1. The first kappa shape index (κ1) is 21.3. The predicted octanol–water partition coefficient (Wildman–Crippen LogP) is 5.87.